The monoisotopic (exact) mass is 234 g/mol. The SMILES string of the molecule is C=CCCCCCC(=O)c1cn(C)nc1CC. The van der Waals surface area contributed by atoms with Crippen LogP contribution >= 0.6 is 0 Å². The molecule has 0 radical (unpaired) electrons. The van der Waals surface area contributed by atoms with Crippen molar-refractivity contribution < 1.29 is 4.79 Å². The average molecular weight is 234 g/mol. The molecule has 3 nitrogen and oxygen atoms in total. The average Bonchev–Trinajstić information content (AvgIpc) is 2.70. The summed E-state index contributed by atoms with van der Waals surface area (Å²) in [5, 5.41) is 4.29. The van der Waals surface area contributed by atoms with E-state index < -0.39 is 0 Å². The first-order valence-corrected chi connectivity index (χ1v) is 6.35. The molecule has 0 bridgehead atoms. The lowest BCUT2D eigenvalue weighted by Crippen LogP contribution is -2.01. The lowest BCUT2D eigenvalue weighted by Gasteiger charge is -2.00. The lowest BCUT2D eigenvalue weighted by molar-refractivity contribution is 0.0978. The summed E-state index contributed by atoms with van der Waals surface area (Å²) in [7, 11) is 1.86. The Morgan fingerprint density at radius 1 is 1.47 bits per heavy atom. The van der Waals surface area contributed by atoms with E-state index in [1.807, 2.05) is 26.2 Å². The molecule has 0 aliphatic carbocycles. The predicted octanol–water partition coefficient (Wildman–Crippen LogP) is 3.30. The maximum absolute atomic E-state index is 12.0. The number of carbonyl (C=O) groups excluding carboxylic acids is 1. The number of hydrogen-bond acceptors (Lipinski definition) is 2. The van der Waals surface area contributed by atoms with Crippen LogP contribution in [0.3, 0.4) is 0 Å². The molecule has 0 aliphatic heterocycles. The molecule has 0 fully saturated rings. The molecule has 0 atom stereocenters. The first kappa shape index (κ1) is 13.7. The largest absolute Gasteiger partial charge is 0.294 e. The Labute approximate surface area is 104 Å². The van der Waals surface area contributed by atoms with Gasteiger partial charge in [-0.2, -0.15) is 5.10 Å². The fourth-order valence-electron chi connectivity index (χ4n) is 1.91. The highest BCUT2D eigenvalue weighted by Gasteiger charge is 2.13. The van der Waals surface area contributed by atoms with Gasteiger partial charge in [-0.3, -0.25) is 9.48 Å². The predicted molar refractivity (Wildman–Crippen MR) is 70.2 cm³/mol. The van der Waals surface area contributed by atoms with Gasteiger partial charge in [0.05, 0.1) is 11.3 Å². The zero-order valence-electron chi connectivity index (χ0n) is 10.9. The number of carbonyl (C=O) groups is 1. The molecule has 0 aliphatic rings. The fourth-order valence-corrected chi connectivity index (χ4v) is 1.91. The Balaban J connectivity index is 2.43. The molecule has 1 aromatic rings. The van der Waals surface area contributed by atoms with Crippen molar-refractivity contribution in [3.05, 3.63) is 30.1 Å². The van der Waals surface area contributed by atoms with Gasteiger partial charge in [-0.15, -0.1) is 6.58 Å². The third-order valence-corrected chi connectivity index (χ3v) is 2.85. The molecule has 17 heavy (non-hydrogen) atoms. The van der Waals surface area contributed by atoms with Crippen LogP contribution in [0.15, 0.2) is 18.9 Å². The van der Waals surface area contributed by atoms with Gasteiger partial charge in [0, 0.05) is 19.7 Å². The van der Waals surface area contributed by atoms with Gasteiger partial charge in [-0.25, -0.2) is 0 Å². The van der Waals surface area contributed by atoms with Gasteiger partial charge in [0.2, 0.25) is 0 Å². The van der Waals surface area contributed by atoms with Gasteiger partial charge < -0.3 is 0 Å². The Hall–Kier alpha value is -1.38. The van der Waals surface area contributed by atoms with Crippen LogP contribution in [0.5, 0.6) is 0 Å². The second-order valence-electron chi connectivity index (χ2n) is 4.33. The molecule has 0 unspecified atom stereocenters. The summed E-state index contributed by atoms with van der Waals surface area (Å²) >= 11 is 0. The highest BCUT2D eigenvalue weighted by molar-refractivity contribution is 5.96. The normalized spacial score (nSPS) is 10.5. The number of unbranched alkanes of at least 4 members (excludes halogenated alkanes) is 3. The van der Waals surface area contributed by atoms with Crippen molar-refractivity contribution >= 4 is 5.78 Å². The maximum atomic E-state index is 12.0. The Morgan fingerprint density at radius 2 is 2.24 bits per heavy atom. The molecule has 1 aromatic heterocycles. The summed E-state index contributed by atoms with van der Waals surface area (Å²) in [5.41, 5.74) is 1.72. The molecule has 1 heterocycles. The van der Waals surface area contributed by atoms with E-state index >= 15 is 0 Å². The van der Waals surface area contributed by atoms with Crippen molar-refractivity contribution in [2.24, 2.45) is 7.05 Å². The van der Waals surface area contributed by atoms with Crippen molar-refractivity contribution in [1.82, 2.24) is 9.78 Å². The summed E-state index contributed by atoms with van der Waals surface area (Å²) in [4.78, 5) is 12.0. The number of rotatable bonds is 8. The standard InChI is InChI=1S/C14H22N2O/c1-4-6-7-8-9-10-14(17)12-11-16(3)15-13(12)5-2/h4,11H,1,5-10H2,2-3H3. The minimum atomic E-state index is 0.230. The van der Waals surface area contributed by atoms with E-state index in [1.54, 1.807) is 4.68 Å². The van der Waals surface area contributed by atoms with E-state index in [4.69, 9.17) is 0 Å². The minimum absolute atomic E-state index is 0.230. The number of aromatic nitrogens is 2. The van der Waals surface area contributed by atoms with E-state index in [0.717, 1.165) is 43.4 Å². The molecule has 0 N–H and O–H groups in total. The number of ketones is 1. The Morgan fingerprint density at radius 3 is 2.88 bits per heavy atom. The van der Waals surface area contributed by atoms with Crippen LogP contribution in [0.4, 0.5) is 0 Å². The van der Waals surface area contributed by atoms with E-state index in [2.05, 4.69) is 11.7 Å². The highest BCUT2D eigenvalue weighted by Crippen LogP contribution is 2.13. The van der Waals surface area contributed by atoms with E-state index in [-0.39, 0.29) is 5.78 Å². The fraction of sp³-hybridized carbons (Fsp3) is 0.571. The number of nitrogens with zero attached hydrogens (tertiary/aromatic N) is 2. The minimum Gasteiger partial charge on any atom is -0.294 e. The summed E-state index contributed by atoms with van der Waals surface area (Å²) in [6.07, 6.45) is 9.45. The summed E-state index contributed by atoms with van der Waals surface area (Å²) < 4.78 is 1.73. The highest BCUT2D eigenvalue weighted by atomic mass is 16.1. The molecule has 3 heteroatoms. The van der Waals surface area contributed by atoms with Gasteiger partial charge >= 0.3 is 0 Å². The van der Waals surface area contributed by atoms with Crippen molar-refractivity contribution in [3.63, 3.8) is 0 Å². The van der Waals surface area contributed by atoms with Crippen molar-refractivity contribution in [1.29, 1.82) is 0 Å². The van der Waals surface area contributed by atoms with Crippen LogP contribution in [-0.2, 0) is 13.5 Å². The summed E-state index contributed by atoms with van der Waals surface area (Å²) in [6, 6.07) is 0. The molecule has 0 saturated heterocycles. The van der Waals surface area contributed by atoms with Gasteiger partial charge in [-0.1, -0.05) is 19.4 Å². The number of allylic oxidation sites excluding steroid dienone is 1. The molecule has 0 amide bonds. The molecule has 1 rings (SSSR count). The second-order valence-corrected chi connectivity index (χ2v) is 4.33. The van der Waals surface area contributed by atoms with Crippen molar-refractivity contribution in [2.45, 2.75) is 45.4 Å². The molecule has 94 valence electrons. The topological polar surface area (TPSA) is 34.9 Å². The van der Waals surface area contributed by atoms with Gasteiger partial charge in [0.15, 0.2) is 5.78 Å². The van der Waals surface area contributed by atoms with E-state index in [1.165, 1.54) is 0 Å². The molecular formula is C14H22N2O. The van der Waals surface area contributed by atoms with Gasteiger partial charge in [0.25, 0.3) is 0 Å². The third-order valence-electron chi connectivity index (χ3n) is 2.85. The third kappa shape index (κ3) is 4.17. The lowest BCUT2D eigenvalue weighted by atomic mass is 10.0. The second kappa shape index (κ2) is 7.05. The number of hydrogen-bond donors (Lipinski definition) is 0. The smallest absolute Gasteiger partial charge is 0.166 e. The van der Waals surface area contributed by atoms with Crippen LogP contribution in [0.1, 0.15) is 55.1 Å². The van der Waals surface area contributed by atoms with Crippen molar-refractivity contribution in [2.75, 3.05) is 0 Å². The zero-order chi connectivity index (χ0) is 12.7. The zero-order valence-corrected chi connectivity index (χ0v) is 10.9. The number of aryl methyl sites for hydroxylation is 2. The summed E-state index contributed by atoms with van der Waals surface area (Å²) in [5.74, 6) is 0.230. The van der Waals surface area contributed by atoms with Gasteiger partial charge in [0.1, 0.15) is 0 Å². The van der Waals surface area contributed by atoms with Crippen LogP contribution < -0.4 is 0 Å². The first-order chi connectivity index (χ1) is 8.19. The summed E-state index contributed by atoms with van der Waals surface area (Å²) in [6.45, 7) is 5.72. The first-order valence-electron chi connectivity index (χ1n) is 6.35. The van der Waals surface area contributed by atoms with Crippen LogP contribution in [0, 0.1) is 0 Å². The Bertz CT molecular complexity index is 380. The van der Waals surface area contributed by atoms with Crippen molar-refractivity contribution in [3.8, 4) is 0 Å². The van der Waals surface area contributed by atoms with Crippen LogP contribution in [0.2, 0.25) is 0 Å². The molecule has 0 saturated carbocycles. The maximum Gasteiger partial charge on any atom is 0.166 e. The quantitative estimate of drug-likeness (QED) is 0.393. The molecule has 0 aromatic carbocycles. The van der Waals surface area contributed by atoms with Crippen LogP contribution in [-0.4, -0.2) is 15.6 Å². The van der Waals surface area contributed by atoms with Crippen LogP contribution in [0.25, 0.3) is 0 Å². The molecular weight excluding hydrogens is 212 g/mol. The Kier molecular flexibility index (Phi) is 5.67. The number of Topliss-reactive ketones (excluding diaryl/α,β-unsaturated/α-hetero) is 1. The van der Waals surface area contributed by atoms with Gasteiger partial charge in [-0.05, 0) is 25.7 Å². The van der Waals surface area contributed by atoms with E-state index in [9.17, 15) is 4.79 Å². The van der Waals surface area contributed by atoms with E-state index in [0.29, 0.717) is 6.42 Å². The molecule has 0 spiro atoms.